The highest BCUT2D eigenvalue weighted by atomic mass is 19.1. The Bertz CT molecular complexity index is 954. The summed E-state index contributed by atoms with van der Waals surface area (Å²) in [4.78, 5) is 20.5. The minimum atomic E-state index is -0.636. The van der Waals surface area contributed by atoms with Crippen LogP contribution in [-0.4, -0.2) is 29.2 Å². The molecule has 0 radical (unpaired) electrons. The van der Waals surface area contributed by atoms with Crippen LogP contribution in [0.3, 0.4) is 0 Å². The van der Waals surface area contributed by atoms with E-state index >= 15 is 0 Å². The smallest absolute Gasteiger partial charge is 0.226 e. The molecule has 1 fully saturated rings. The molecule has 0 aromatic heterocycles. The number of hydrogen-bond donors (Lipinski definition) is 0. The van der Waals surface area contributed by atoms with E-state index in [-0.39, 0.29) is 24.5 Å². The maximum Gasteiger partial charge on any atom is 0.226 e. The number of aryl methyl sites for hydroxylation is 1. The average Bonchev–Trinajstić information content (AvgIpc) is 3.41. The van der Waals surface area contributed by atoms with Gasteiger partial charge >= 0.3 is 0 Å². The molecule has 1 aliphatic carbocycles. The predicted octanol–water partition coefficient (Wildman–Crippen LogP) is 4.99. The van der Waals surface area contributed by atoms with Crippen molar-refractivity contribution >= 4 is 11.6 Å². The van der Waals surface area contributed by atoms with Gasteiger partial charge in [0, 0.05) is 36.1 Å². The first-order valence-corrected chi connectivity index (χ1v) is 10.5. The number of carbonyl (C=O) groups excluding carboxylic acids is 1. The van der Waals surface area contributed by atoms with Gasteiger partial charge in [-0.3, -0.25) is 4.79 Å². The van der Waals surface area contributed by atoms with Crippen molar-refractivity contribution in [2.75, 3.05) is 6.54 Å². The summed E-state index contributed by atoms with van der Waals surface area (Å²) in [6.07, 6.45) is 4.10. The molecule has 158 valence electrons. The first-order chi connectivity index (χ1) is 14.5. The van der Waals surface area contributed by atoms with Crippen molar-refractivity contribution < 1.29 is 18.4 Å². The molecular formula is C24H26F2N2O2. The van der Waals surface area contributed by atoms with Gasteiger partial charge in [0.25, 0.3) is 0 Å². The Balaban J connectivity index is 1.49. The Morgan fingerprint density at radius 2 is 1.93 bits per heavy atom. The Hall–Kier alpha value is -2.76. The van der Waals surface area contributed by atoms with Crippen molar-refractivity contribution in [1.29, 1.82) is 0 Å². The lowest BCUT2D eigenvalue weighted by atomic mass is 9.99. The Morgan fingerprint density at radius 1 is 1.17 bits per heavy atom. The van der Waals surface area contributed by atoms with E-state index in [1.54, 1.807) is 4.90 Å². The molecule has 0 bridgehead atoms. The second-order valence-corrected chi connectivity index (χ2v) is 8.22. The van der Waals surface area contributed by atoms with Gasteiger partial charge in [0.05, 0.1) is 12.3 Å². The zero-order valence-electron chi connectivity index (χ0n) is 17.1. The van der Waals surface area contributed by atoms with Gasteiger partial charge in [-0.25, -0.2) is 8.78 Å². The maximum absolute atomic E-state index is 14.3. The fraction of sp³-hybridized carbons (Fsp3) is 0.417. The number of carbonyl (C=O) groups is 1. The van der Waals surface area contributed by atoms with Gasteiger partial charge in [0.2, 0.25) is 5.91 Å². The third-order valence-corrected chi connectivity index (χ3v) is 6.01. The standard InChI is InChI=1S/C24H26F2N2O2/c1-16-6-2-5-9-21(16)23-13-20(30-27-23)15-28(24(29)17-7-3-4-8-17)14-18-10-11-19(25)12-22(18)26/h2,5-6,9-12,17,20H,3-4,7-8,13-15H2,1H3/t20-/m1/s1. The SMILES string of the molecule is Cc1ccccc1C1=NO[C@@H](CN(Cc2ccc(F)cc2F)C(=O)C2CCCC2)C1. The van der Waals surface area contributed by atoms with E-state index in [2.05, 4.69) is 5.16 Å². The van der Waals surface area contributed by atoms with Gasteiger partial charge in [0.15, 0.2) is 6.10 Å². The van der Waals surface area contributed by atoms with Crippen LogP contribution in [-0.2, 0) is 16.2 Å². The van der Waals surface area contributed by atoms with Crippen LogP contribution in [0.5, 0.6) is 0 Å². The molecule has 0 saturated heterocycles. The molecule has 2 aromatic rings. The number of halogens is 2. The van der Waals surface area contributed by atoms with Crippen LogP contribution >= 0.6 is 0 Å². The van der Waals surface area contributed by atoms with E-state index in [0.29, 0.717) is 18.5 Å². The number of oxime groups is 1. The van der Waals surface area contributed by atoms with Crippen LogP contribution in [0.15, 0.2) is 47.6 Å². The van der Waals surface area contributed by atoms with E-state index in [0.717, 1.165) is 48.6 Å². The average molecular weight is 412 g/mol. The molecule has 1 heterocycles. The minimum absolute atomic E-state index is 0.0177. The molecule has 0 spiro atoms. The molecule has 0 N–H and O–H groups in total. The van der Waals surface area contributed by atoms with E-state index in [1.807, 2.05) is 31.2 Å². The van der Waals surface area contributed by atoms with Gasteiger partial charge in [-0.15, -0.1) is 0 Å². The van der Waals surface area contributed by atoms with Crippen LogP contribution in [0, 0.1) is 24.5 Å². The lowest BCUT2D eigenvalue weighted by Crippen LogP contribution is -2.40. The molecule has 30 heavy (non-hydrogen) atoms. The predicted molar refractivity (Wildman–Crippen MR) is 111 cm³/mol. The first kappa shape index (κ1) is 20.5. The summed E-state index contributed by atoms with van der Waals surface area (Å²) in [5, 5.41) is 4.25. The summed E-state index contributed by atoms with van der Waals surface area (Å²) in [5.41, 5.74) is 3.33. The third-order valence-electron chi connectivity index (χ3n) is 6.01. The van der Waals surface area contributed by atoms with Gasteiger partial charge in [-0.1, -0.05) is 48.3 Å². The molecule has 2 aromatic carbocycles. The normalized spacial score (nSPS) is 18.9. The first-order valence-electron chi connectivity index (χ1n) is 10.5. The monoisotopic (exact) mass is 412 g/mol. The van der Waals surface area contributed by atoms with Crippen molar-refractivity contribution in [1.82, 2.24) is 4.90 Å². The molecule has 1 saturated carbocycles. The van der Waals surface area contributed by atoms with Crippen molar-refractivity contribution in [2.45, 2.75) is 51.7 Å². The maximum atomic E-state index is 14.3. The Kier molecular flexibility index (Phi) is 6.11. The zero-order chi connectivity index (χ0) is 21.1. The largest absolute Gasteiger partial charge is 0.390 e. The van der Waals surface area contributed by atoms with Crippen molar-refractivity contribution in [3.05, 3.63) is 70.8 Å². The summed E-state index contributed by atoms with van der Waals surface area (Å²) in [6, 6.07) is 11.5. The lowest BCUT2D eigenvalue weighted by molar-refractivity contribution is -0.137. The zero-order valence-corrected chi connectivity index (χ0v) is 17.1. The second kappa shape index (κ2) is 8.94. The fourth-order valence-electron chi connectivity index (χ4n) is 4.35. The summed E-state index contributed by atoms with van der Waals surface area (Å²) < 4.78 is 27.6. The Morgan fingerprint density at radius 3 is 2.67 bits per heavy atom. The number of amides is 1. The summed E-state index contributed by atoms with van der Waals surface area (Å²) >= 11 is 0. The number of nitrogens with zero attached hydrogens (tertiary/aromatic N) is 2. The van der Waals surface area contributed by atoms with Gasteiger partial charge in [-0.05, 0) is 31.4 Å². The van der Waals surface area contributed by atoms with Crippen molar-refractivity contribution in [3.8, 4) is 0 Å². The van der Waals surface area contributed by atoms with Gasteiger partial charge in [-0.2, -0.15) is 0 Å². The molecule has 1 amide bonds. The fourth-order valence-corrected chi connectivity index (χ4v) is 4.35. The Labute approximate surface area is 175 Å². The van der Waals surface area contributed by atoms with Crippen LogP contribution in [0.4, 0.5) is 8.78 Å². The summed E-state index contributed by atoms with van der Waals surface area (Å²) in [6.45, 7) is 2.45. The summed E-state index contributed by atoms with van der Waals surface area (Å²) in [5.74, 6) is -1.28. The van der Waals surface area contributed by atoms with Crippen LogP contribution < -0.4 is 0 Å². The third kappa shape index (κ3) is 4.53. The molecule has 1 atom stereocenters. The topological polar surface area (TPSA) is 41.9 Å². The van der Waals surface area contributed by atoms with E-state index < -0.39 is 11.6 Å². The molecule has 1 aliphatic heterocycles. The molecule has 0 unspecified atom stereocenters. The van der Waals surface area contributed by atoms with Gasteiger partial charge < -0.3 is 9.74 Å². The quantitative estimate of drug-likeness (QED) is 0.671. The van der Waals surface area contributed by atoms with Crippen molar-refractivity contribution in [3.63, 3.8) is 0 Å². The molecule has 4 nitrogen and oxygen atoms in total. The molecular weight excluding hydrogens is 386 g/mol. The highest BCUT2D eigenvalue weighted by Crippen LogP contribution is 2.28. The molecule has 4 rings (SSSR count). The van der Waals surface area contributed by atoms with Crippen LogP contribution in [0.25, 0.3) is 0 Å². The highest BCUT2D eigenvalue weighted by Gasteiger charge is 2.32. The van der Waals surface area contributed by atoms with E-state index in [4.69, 9.17) is 4.84 Å². The highest BCUT2D eigenvalue weighted by molar-refractivity contribution is 6.02. The second-order valence-electron chi connectivity index (χ2n) is 8.22. The number of benzene rings is 2. The minimum Gasteiger partial charge on any atom is -0.390 e. The summed E-state index contributed by atoms with van der Waals surface area (Å²) in [7, 11) is 0. The lowest BCUT2D eigenvalue weighted by Gasteiger charge is -2.27. The van der Waals surface area contributed by atoms with Crippen LogP contribution in [0.2, 0.25) is 0 Å². The molecule has 6 heteroatoms. The van der Waals surface area contributed by atoms with Crippen LogP contribution in [0.1, 0.15) is 48.8 Å². The van der Waals surface area contributed by atoms with E-state index in [1.165, 1.54) is 12.1 Å². The number of rotatable bonds is 6. The van der Waals surface area contributed by atoms with Crippen molar-refractivity contribution in [2.24, 2.45) is 11.1 Å². The number of hydrogen-bond acceptors (Lipinski definition) is 3. The molecule has 2 aliphatic rings. The van der Waals surface area contributed by atoms with Gasteiger partial charge in [0.1, 0.15) is 11.6 Å². The van der Waals surface area contributed by atoms with E-state index in [9.17, 15) is 13.6 Å².